The van der Waals surface area contributed by atoms with Crippen LogP contribution in [0.1, 0.15) is 17.0 Å². The van der Waals surface area contributed by atoms with Gasteiger partial charge in [0, 0.05) is 0 Å². The highest BCUT2D eigenvalue weighted by molar-refractivity contribution is 7.13. The zero-order chi connectivity index (χ0) is 17.2. The number of benzene rings is 1. The van der Waals surface area contributed by atoms with E-state index in [1.165, 1.54) is 29.5 Å². The predicted octanol–water partition coefficient (Wildman–Crippen LogP) is 4.88. The summed E-state index contributed by atoms with van der Waals surface area (Å²) in [6.07, 6.45) is -3.43. The number of aromatic nitrogens is 2. The smallest absolute Gasteiger partial charge is 0.333 e. The molecule has 3 rings (SSSR count). The standard InChI is InChI=1S/C16H8F3N3OS/c17-16(18,19)12-5-2-1-4-10(12)8-11(9-20)15-21-14(22-23-15)13-6-3-7-24-13/h1-8H/b11-8+. The molecule has 24 heavy (non-hydrogen) atoms. The normalized spacial score (nSPS) is 12.2. The van der Waals surface area contributed by atoms with E-state index in [-0.39, 0.29) is 22.9 Å². The van der Waals surface area contributed by atoms with E-state index in [0.717, 1.165) is 17.0 Å². The largest absolute Gasteiger partial charge is 0.416 e. The Morgan fingerprint density at radius 2 is 2.00 bits per heavy atom. The fourth-order valence-corrected chi connectivity index (χ4v) is 2.67. The molecule has 0 saturated carbocycles. The first-order valence-electron chi connectivity index (χ1n) is 6.65. The van der Waals surface area contributed by atoms with E-state index in [1.54, 1.807) is 18.2 Å². The average Bonchev–Trinajstić information content (AvgIpc) is 3.23. The van der Waals surface area contributed by atoms with Crippen LogP contribution in [0, 0.1) is 11.3 Å². The Morgan fingerprint density at radius 3 is 2.67 bits per heavy atom. The lowest BCUT2D eigenvalue weighted by Gasteiger charge is -2.09. The van der Waals surface area contributed by atoms with E-state index in [0.29, 0.717) is 0 Å². The van der Waals surface area contributed by atoms with Gasteiger partial charge in [-0.05, 0) is 29.2 Å². The van der Waals surface area contributed by atoms with Crippen LogP contribution in [0.4, 0.5) is 13.2 Å². The third kappa shape index (κ3) is 3.21. The molecule has 0 bridgehead atoms. The Hall–Kier alpha value is -2.92. The van der Waals surface area contributed by atoms with Crippen molar-refractivity contribution in [1.82, 2.24) is 10.1 Å². The zero-order valence-electron chi connectivity index (χ0n) is 11.9. The second-order valence-electron chi connectivity index (χ2n) is 4.66. The van der Waals surface area contributed by atoms with Crippen LogP contribution >= 0.6 is 11.3 Å². The monoisotopic (exact) mass is 347 g/mol. The Labute approximate surface area is 138 Å². The zero-order valence-corrected chi connectivity index (χ0v) is 12.7. The first-order chi connectivity index (χ1) is 11.5. The molecular weight excluding hydrogens is 339 g/mol. The summed E-state index contributed by atoms with van der Waals surface area (Å²) >= 11 is 1.38. The summed E-state index contributed by atoms with van der Waals surface area (Å²) in [5.41, 5.74) is -1.12. The molecule has 1 aromatic carbocycles. The molecule has 0 spiro atoms. The molecular formula is C16H8F3N3OS. The third-order valence-electron chi connectivity index (χ3n) is 3.08. The van der Waals surface area contributed by atoms with E-state index in [2.05, 4.69) is 10.1 Å². The van der Waals surface area contributed by atoms with Crippen LogP contribution in [-0.2, 0) is 6.18 Å². The van der Waals surface area contributed by atoms with Crippen molar-refractivity contribution < 1.29 is 17.7 Å². The average molecular weight is 347 g/mol. The Morgan fingerprint density at radius 1 is 1.21 bits per heavy atom. The minimum atomic E-state index is -4.52. The van der Waals surface area contributed by atoms with Crippen LogP contribution in [0.2, 0.25) is 0 Å². The Balaban J connectivity index is 2.02. The van der Waals surface area contributed by atoms with E-state index in [9.17, 15) is 18.4 Å². The third-order valence-corrected chi connectivity index (χ3v) is 3.95. The SMILES string of the molecule is N#C/C(=C\c1ccccc1C(F)(F)F)c1nc(-c2cccs2)no1. The highest BCUT2D eigenvalue weighted by Gasteiger charge is 2.32. The summed E-state index contributed by atoms with van der Waals surface area (Å²) in [5, 5.41) is 14.8. The lowest BCUT2D eigenvalue weighted by atomic mass is 10.0. The summed E-state index contributed by atoms with van der Waals surface area (Å²) in [4.78, 5) is 4.81. The summed E-state index contributed by atoms with van der Waals surface area (Å²) in [7, 11) is 0. The predicted molar refractivity (Wildman–Crippen MR) is 82.5 cm³/mol. The molecule has 0 aliphatic carbocycles. The number of alkyl halides is 3. The molecule has 2 heterocycles. The molecule has 0 unspecified atom stereocenters. The van der Waals surface area contributed by atoms with Gasteiger partial charge in [0.05, 0.1) is 10.4 Å². The molecule has 120 valence electrons. The van der Waals surface area contributed by atoms with E-state index in [4.69, 9.17) is 4.52 Å². The number of hydrogen-bond donors (Lipinski definition) is 0. The number of hydrogen-bond acceptors (Lipinski definition) is 5. The topological polar surface area (TPSA) is 62.7 Å². The number of rotatable bonds is 3. The number of allylic oxidation sites excluding steroid dienone is 1. The van der Waals surface area contributed by atoms with Crippen molar-refractivity contribution >= 4 is 23.0 Å². The number of nitriles is 1. The highest BCUT2D eigenvalue weighted by Crippen LogP contribution is 2.33. The second-order valence-corrected chi connectivity index (χ2v) is 5.60. The quantitative estimate of drug-likeness (QED) is 0.634. The fourth-order valence-electron chi connectivity index (χ4n) is 2.02. The molecule has 0 radical (unpaired) electrons. The van der Waals surface area contributed by atoms with Crippen molar-refractivity contribution in [2.45, 2.75) is 6.18 Å². The number of nitrogens with zero attached hydrogens (tertiary/aromatic N) is 3. The van der Waals surface area contributed by atoms with Gasteiger partial charge in [-0.15, -0.1) is 11.3 Å². The van der Waals surface area contributed by atoms with Crippen molar-refractivity contribution in [2.75, 3.05) is 0 Å². The molecule has 0 saturated heterocycles. The van der Waals surface area contributed by atoms with Crippen LogP contribution in [0.25, 0.3) is 22.4 Å². The van der Waals surface area contributed by atoms with E-state index < -0.39 is 11.7 Å². The first kappa shape index (κ1) is 16.0. The van der Waals surface area contributed by atoms with Gasteiger partial charge in [0.1, 0.15) is 11.6 Å². The van der Waals surface area contributed by atoms with Gasteiger partial charge in [-0.2, -0.15) is 23.4 Å². The Kier molecular flexibility index (Phi) is 4.18. The van der Waals surface area contributed by atoms with Gasteiger partial charge in [0.15, 0.2) is 0 Å². The van der Waals surface area contributed by atoms with Crippen LogP contribution in [0.5, 0.6) is 0 Å². The van der Waals surface area contributed by atoms with Crippen molar-refractivity contribution in [3.8, 4) is 16.8 Å². The maximum Gasteiger partial charge on any atom is 0.416 e. The van der Waals surface area contributed by atoms with Gasteiger partial charge in [-0.3, -0.25) is 0 Å². The van der Waals surface area contributed by atoms with Crippen LogP contribution in [0.15, 0.2) is 46.3 Å². The molecule has 0 atom stereocenters. The first-order valence-corrected chi connectivity index (χ1v) is 7.53. The maximum atomic E-state index is 13.0. The van der Waals surface area contributed by atoms with Gasteiger partial charge in [-0.1, -0.05) is 29.4 Å². The summed E-state index contributed by atoms with van der Waals surface area (Å²) in [6, 6.07) is 10.3. The molecule has 2 aromatic heterocycles. The van der Waals surface area contributed by atoms with Crippen molar-refractivity contribution in [3.05, 3.63) is 58.8 Å². The summed E-state index contributed by atoms with van der Waals surface area (Å²) < 4.78 is 44.1. The second kappa shape index (κ2) is 6.29. The van der Waals surface area contributed by atoms with Crippen LogP contribution in [0.3, 0.4) is 0 Å². The van der Waals surface area contributed by atoms with Gasteiger partial charge in [0.25, 0.3) is 5.89 Å². The highest BCUT2D eigenvalue weighted by atomic mass is 32.1. The van der Waals surface area contributed by atoms with Gasteiger partial charge in [-0.25, -0.2) is 0 Å². The lowest BCUT2D eigenvalue weighted by Crippen LogP contribution is -2.07. The number of halogens is 3. The van der Waals surface area contributed by atoms with Crippen LogP contribution < -0.4 is 0 Å². The van der Waals surface area contributed by atoms with Crippen LogP contribution in [-0.4, -0.2) is 10.1 Å². The molecule has 0 aliphatic rings. The van der Waals surface area contributed by atoms with Crippen molar-refractivity contribution in [3.63, 3.8) is 0 Å². The van der Waals surface area contributed by atoms with Crippen molar-refractivity contribution in [2.24, 2.45) is 0 Å². The molecule has 0 N–H and O–H groups in total. The number of thiophene rings is 1. The van der Waals surface area contributed by atoms with E-state index in [1.807, 2.05) is 5.38 Å². The molecule has 0 amide bonds. The Bertz CT molecular complexity index is 921. The molecule has 3 aromatic rings. The molecule has 8 heteroatoms. The van der Waals surface area contributed by atoms with Gasteiger partial charge < -0.3 is 4.52 Å². The molecule has 0 aliphatic heterocycles. The lowest BCUT2D eigenvalue weighted by molar-refractivity contribution is -0.137. The summed E-state index contributed by atoms with van der Waals surface area (Å²) in [6.45, 7) is 0. The van der Waals surface area contributed by atoms with Gasteiger partial charge >= 0.3 is 6.18 Å². The maximum absolute atomic E-state index is 13.0. The van der Waals surface area contributed by atoms with Gasteiger partial charge in [0.2, 0.25) is 5.82 Å². The minimum absolute atomic E-state index is 0.127. The molecule has 4 nitrogen and oxygen atoms in total. The van der Waals surface area contributed by atoms with Crippen molar-refractivity contribution in [1.29, 1.82) is 5.26 Å². The summed E-state index contributed by atoms with van der Waals surface area (Å²) in [5.74, 6) is 0.156. The molecule has 0 fully saturated rings. The minimum Gasteiger partial charge on any atom is -0.333 e. The fraction of sp³-hybridized carbons (Fsp3) is 0.0625. The van der Waals surface area contributed by atoms with E-state index >= 15 is 0 Å².